The van der Waals surface area contributed by atoms with Crippen molar-refractivity contribution >= 4 is 56.3 Å². The van der Waals surface area contributed by atoms with Crippen molar-refractivity contribution in [3.8, 4) is 0 Å². The summed E-state index contributed by atoms with van der Waals surface area (Å²) in [5.74, 6) is 0.00215. The van der Waals surface area contributed by atoms with Gasteiger partial charge in [-0.1, -0.05) is 45.2 Å². The van der Waals surface area contributed by atoms with Crippen LogP contribution in [0, 0.1) is 6.92 Å². The predicted octanol–water partition coefficient (Wildman–Crippen LogP) is 5.55. The standard InChI is InChI=1S/C13H9BrCl2OS/c1-7-6-18-13(12(7)16)11(17)4-8-2-3-9(14)5-10(8)15/h2-3,5-6H,4H2,1H3. The zero-order valence-electron chi connectivity index (χ0n) is 9.47. The molecular formula is C13H9BrCl2OS. The molecule has 0 spiro atoms. The number of Topliss-reactive ketones (excluding diaryl/α,β-unsaturated/α-hetero) is 1. The number of carbonyl (C=O) groups is 1. The Morgan fingerprint density at radius 3 is 2.67 bits per heavy atom. The van der Waals surface area contributed by atoms with E-state index in [9.17, 15) is 4.79 Å². The number of carbonyl (C=O) groups excluding carboxylic acids is 1. The second-order valence-electron chi connectivity index (χ2n) is 3.90. The van der Waals surface area contributed by atoms with Crippen molar-refractivity contribution in [3.63, 3.8) is 0 Å². The van der Waals surface area contributed by atoms with Crippen molar-refractivity contribution in [2.45, 2.75) is 13.3 Å². The summed E-state index contributed by atoms with van der Waals surface area (Å²) in [6.07, 6.45) is 0.270. The number of rotatable bonds is 3. The smallest absolute Gasteiger partial charge is 0.178 e. The zero-order valence-corrected chi connectivity index (χ0v) is 13.4. The summed E-state index contributed by atoms with van der Waals surface area (Å²) in [4.78, 5) is 12.7. The molecule has 0 aliphatic heterocycles. The Hall–Kier alpha value is -0.350. The summed E-state index contributed by atoms with van der Waals surface area (Å²) in [6.45, 7) is 1.89. The molecule has 0 saturated heterocycles. The van der Waals surface area contributed by atoms with E-state index >= 15 is 0 Å². The molecule has 1 heterocycles. The molecule has 0 atom stereocenters. The third kappa shape index (κ3) is 2.97. The first-order valence-electron chi connectivity index (χ1n) is 5.19. The van der Waals surface area contributed by atoms with Gasteiger partial charge in [-0.25, -0.2) is 0 Å². The van der Waals surface area contributed by atoms with E-state index in [0.717, 1.165) is 15.6 Å². The Morgan fingerprint density at radius 2 is 2.11 bits per heavy atom. The quantitative estimate of drug-likeness (QED) is 0.653. The van der Waals surface area contributed by atoms with Gasteiger partial charge in [-0.3, -0.25) is 4.79 Å². The van der Waals surface area contributed by atoms with E-state index in [1.807, 2.05) is 24.4 Å². The van der Waals surface area contributed by atoms with Crippen molar-refractivity contribution in [1.29, 1.82) is 0 Å². The zero-order chi connectivity index (χ0) is 13.3. The summed E-state index contributed by atoms with van der Waals surface area (Å²) in [5.41, 5.74) is 1.75. The van der Waals surface area contributed by atoms with Crippen LogP contribution in [0.15, 0.2) is 28.1 Å². The van der Waals surface area contributed by atoms with Crippen molar-refractivity contribution in [3.05, 3.63) is 54.1 Å². The highest BCUT2D eigenvalue weighted by Crippen LogP contribution is 2.29. The highest BCUT2D eigenvalue weighted by atomic mass is 79.9. The normalized spacial score (nSPS) is 10.7. The maximum Gasteiger partial charge on any atom is 0.178 e. The van der Waals surface area contributed by atoms with Gasteiger partial charge in [0.05, 0.1) is 9.90 Å². The first-order valence-corrected chi connectivity index (χ1v) is 7.62. The average Bonchev–Trinajstić information content (AvgIpc) is 2.64. The van der Waals surface area contributed by atoms with Gasteiger partial charge < -0.3 is 0 Å². The van der Waals surface area contributed by atoms with E-state index in [0.29, 0.717) is 14.9 Å². The van der Waals surface area contributed by atoms with E-state index in [4.69, 9.17) is 23.2 Å². The van der Waals surface area contributed by atoms with Gasteiger partial charge in [-0.05, 0) is 35.6 Å². The number of thiophene rings is 1. The molecule has 18 heavy (non-hydrogen) atoms. The van der Waals surface area contributed by atoms with Crippen LogP contribution in [0.25, 0.3) is 0 Å². The van der Waals surface area contributed by atoms with E-state index in [1.165, 1.54) is 11.3 Å². The van der Waals surface area contributed by atoms with Crippen LogP contribution in [0.4, 0.5) is 0 Å². The fourth-order valence-electron chi connectivity index (χ4n) is 1.54. The SMILES string of the molecule is Cc1csc(C(=O)Cc2ccc(Br)cc2Cl)c1Cl. The van der Waals surface area contributed by atoms with Gasteiger partial charge in [-0.2, -0.15) is 0 Å². The third-order valence-corrected chi connectivity index (χ3v) is 5.10. The predicted molar refractivity (Wildman–Crippen MR) is 81.3 cm³/mol. The molecule has 2 aromatic rings. The Morgan fingerprint density at radius 1 is 1.39 bits per heavy atom. The van der Waals surface area contributed by atoms with Gasteiger partial charge in [-0.15, -0.1) is 11.3 Å². The maximum atomic E-state index is 12.1. The molecule has 94 valence electrons. The minimum atomic E-state index is 0.00215. The fraction of sp³-hybridized carbons (Fsp3) is 0.154. The summed E-state index contributed by atoms with van der Waals surface area (Å²) < 4.78 is 0.897. The number of aryl methyl sites for hydroxylation is 1. The molecule has 1 aromatic heterocycles. The lowest BCUT2D eigenvalue weighted by molar-refractivity contribution is 0.0997. The van der Waals surface area contributed by atoms with E-state index < -0.39 is 0 Å². The molecule has 0 aliphatic rings. The molecule has 0 unspecified atom stereocenters. The van der Waals surface area contributed by atoms with Gasteiger partial charge >= 0.3 is 0 Å². The average molecular weight is 364 g/mol. The molecule has 0 radical (unpaired) electrons. The maximum absolute atomic E-state index is 12.1. The van der Waals surface area contributed by atoms with Gasteiger partial charge in [0.2, 0.25) is 0 Å². The molecule has 0 N–H and O–H groups in total. The van der Waals surface area contributed by atoms with Crippen LogP contribution in [-0.2, 0) is 6.42 Å². The Balaban J connectivity index is 2.24. The Labute approximate surface area is 128 Å². The van der Waals surface area contributed by atoms with Crippen LogP contribution in [0.5, 0.6) is 0 Å². The highest BCUT2D eigenvalue weighted by molar-refractivity contribution is 9.10. The lowest BCUT2D eigenvalue weighted by Gasteiger charge is -2.03. The van der Waals surface area contributed by atoms with E-state index in [1.54, 1.807) is 6.07 Å². The van der Waals surface area contributed by atoms with Crippen LogP contribution in [0.2, 0.25) is 10.0 Å². The topological polar surface area (TPSA) is 17.1 Å². The molecule has 0 amide bonds. The van der Waals surface area contributed by atoms with E-state index in [-0.39, 0.29) is 12.2 Å². The third-order valence-electron chi connectivity index (χ3n) is 2.52. The molecule has 0 bridgehead atoms. The molecule has 1 aromatic carbocycles. The monoisotopic (exact) mass is 362 g/mol. The summed E-state index contributed by atoms with van der Waals surface area (Å²) in [5, 5.41) is 3.03. The molecule has 1 nitrogen and oxygen atoms in total. The van der Waals surface area contributed by atoms with Crippen LogP contribution in [0.1, 0.15) is 20.8 Å². The first kappa shape index (κ1) is 14.1. The molecule has 0 fully saturated rings. The van der Waals surface area contributed by atoms with Crippen LogP contribution in [0.3, 0.4) is 0 Å². The number of benzene rings is 1. The van der Waals surface area contributed by atoms with Gasteiger partial charge in [0.1, 0.15) is 0 Å². The van der Waals surface area contributed by atoms with Crippen LogP contribution >= 0.6 is 50.5 Å². The fourth-order valence-corrected chi connectivity index (χ4v) is 3.52. The van der Waals surface area contributed by atoms with Crippen molar-refractivity contribution < 1.29 is 4.79 Å². The Kier molecular flexibility index (Phi) is 4.49. The van der Waals surface area contributed by atoms with Crippen molar-refractivity contribution in [2.75, 3.05) is 0 Å². The minimum absolute atomic E-state index is 0.00215. The largest absolute Gasteiger partial charge is 0.293 e. The first-order chi connectivity index (χ1) is 8.49. The second kappa shape index (κ2) is 5.74. The highest BCUT2D eigenvalue weighted by Gasteiger charge is 2.16. The van der Waals surface area contributed by atoms with Crippen LogP contribution < -0.4 is 0 Å². The minimum Gasteiger partial charge on any atom is -0.293 e. The van der Waals surface area contributed by atoms with Gasteiger partial charge in [0.25, 0.3) is 0 Å². The number of ketones is 1. The Bertz CT molecular complexity index is 607. The number of hydrogen-bond donors (Lipinski definition) is 0. The second-order valence-corrected chi connectivity index (χ2v) is 6.48. The van der Waals surface area contributed by atoms with E-state index in [2.05, 4.69) is 15.9 Å². The molecular weight excluding hydrogens is 355 g/mol. The number of halogens is 3. The molecule has 0 aliphatic carbocycles. The molecule has 0 saturated carbocycles. The van der Waals surface area contributed by atoms with Crippen molar-refractivity contribution in [1.82, 2.24) is 0 Å². The van der Waals surface area contributed by atoms with Crippen molar-refractivity contribution in [2.24, 2.45) is 0 Å². The summed E-state index contributed by atoms with van der Waals surface area (Å²) >= 11 is 16.9. The number of hydrogen-bond acceptors (Lipinski definition) is 2. The lowest BCUT2D eigenvalue weighted by Crippen LogP contribution is -2.02. The van der Waals surface area contributed by atoms with Gasteiger partial charge in [0.15, 0.2) is 5.78 Å². The molecule has 5 heteroatoms. The van der Waals surface area contributed by atoms with Gasteiger partial charge in [0, 0.05) is 15.9 Å². The summed E-state index contributed by atoms with van der Waals surface area (Å²) in [7, 11) is 0. The van der Waals surface area contributed by atoms with Crippen LogP contribution in [-0.4, -0.2) is 5.78 Å². The lowest BCUT2D eigenvalue weighted by atomic mass is 10.1. The summed E-state index contributed by atoms with van der Waals surface area (Å²) in [6, 6.07) is 5.50. The molecule has 2 rings (SSSR count).